The summed E-state index contributed by atoms with van der Waals surface area (Å²) in [5.41, 5.74) is 0. The van der Waals surface area contributed by atoms with Crippen molar-refractivity contribution in [3.63, 3.8) is 0 Å². The Labute approximate surface area is 145 Å². The minimum absolute atomic E-state index is 0.0926. The van der Waals surface area contributed by atoms with Crippen LogP contribution in [0.4, 0.5) is 11.6 Å². The highest BCUT2D eigenvalue weighted by Crippen LogP contribution is 2.19. The van der Waals surface area contributed by atoms with Crippen molar-refractivity contribution in [1.29, 1.82) is 0 Å². The van der Waals surface area contributed by atoms with Crippen LogP contribution in [-0.4, -0.2) is 35.6 Å². The van der Waals surface area contributed by atoms with Gasteiger partial charge in [-0.2, -0.15) is 0 Å². The maximum atomic E-state index is 12.0. The van der Waals surface area contributed by atoms with E-state index in [1.54, 1.807) is 30.3 Å². The van der Waals surface area contributed by atoms with Gasteiger partial charge in [-0.15, -0.1) is 0 Å². The number of carbonyl (C=O) groups is 1. The first-order valence-electron chi connectivity index (χ1n) is 7.96. The lowest BCUT2D eigenvalue weighted by Gasteiger charge is -2.27. The summed E-state index contributed by atoms with van der Waals surface area (Å²) in [7, 11) is 0. The number of halogens is 1. The van der Waals surface area contributed by atoms with Crippen LogP contribution in [0, 0.1) is 0 Å². The summed E-state index contributed by atoms with van der Waals surface area (Å²) < 4.78 is 5.42. The van der Waals surface area contributed by atoms with Gasteiger partial charge in [-0.05, 0) is 43.5 Å². The molecule has 7 heteroatoms. The first-order valence-corrected chi connectivity index (χ1v) is 8.34. The van der Waals surface area contributed by atoms with Crippen LogP contribution >= 0.6 is 11.6 Å². The predicted molar refractivity (Wildman–Crippen MR) is 93.7 cm³/mol. The molecule has 1 saturated heterocycles. The van der Waals surface area contributed by atoms with Gasteiger partial charge in [-0.3, -0.25) is 4.79 Å². The monoisotopic (exact) mass is 346 g/mol. The minimum atomic E-state index is -0.270. The summed E-state index contributed by atoms with van der Waals surface area (Å²) >= 11 is 5.81. The molecule has 0 atom stereocenters. The largest absolute Gasteiger partial charge is 0.484 e. The Morgan fingerprint density at radius 2 is 1.92 bits per heavy atom. The highest BCUT2D eigenvalue weighted by Gasteiger charge is 2.13. The molecule has 24 heavy (non-hydrogen) atoms. The van der Waals surface area contributed by atoms with Gasteiger partial charge >= 0.3 is 0 Å². The lowest BCUT2D eigenvalue weighted by molar-refractivity contribution is -0.118. The van der Waals surface area contributed by atoms with Gasteiger partial charge in [-0.1, -0.05) is 11.6 Å². The number of hydrogen-bond acceptors (Lipinski definition) is 5. The second-order valence-corrected chi connectivity index (χ2v) is 6.04. The van der Waals surface area contributed by atoms with Crippen LogP contribution in [0.3, 0.4) is 0 Å². The molecule has 0 unspecified atom stereocenters. The molecule has 126 valence electrons. The summed E-state index contributed by atoms with van der Waals surface area (Å²) in [4.78, 5) is 22.6. The van der Waals surface area contributed by atoms with Crippen LogP contribution in [0.25, 0.3) is 0 Å². The number of anilines is 2. The molecule has 1 aliphatic rings. The second-order valence-electron chi connectivity index (χ2n) is 5.60. The maximum Gasteiger partial charge on any atom is 0.263 e. The molecule has 0 spiro atoms. The number of aromatic nitrogens is 2. The summed E-state index contributed by atoms with van der Waals surface area (Å²) in [6, 6.07) is 8.66. The molecule has 1 aromatic heterocycles. The Hall–Kier alpha value is -2.34. The third-order valence-electron chi connectivity index (χ3n) is 3.78. The molecule has 1 aliphatic heterocycles. The summed E-state index contributed by atoms with van der Waals surface area (Å²) in [6.07, 6.45) is 5.06. The van der Waals surface area contributed by atoms with Crippen molar-refractivity contribution >= 4 is 29.1 Å². The number of carbonyl (C=O) groups excluding carboxylic acids is 1. The van der Waals surface area contributed by atoms with Crippen molar-refractivity contribution < 1.29 is 9.53 Å². The van der Waals surface area contributed by atoms with E-state index in [9.17, 15) is 4.79 Å². The van der Waals surface area contributed by atoms with E-state index >= 15 is 0 Å². The highest BCUT2D eigenvalue weighted by molar-refractivity contribution is 6.30. The number of ether oxygens (including phenoxy) is 1. The Balaban J connectivity index is 1.55. The van der Waals surface area contributed by atoms with E-state index in [0.29, 0.717) is 16.6 Å². The van der Waals surface area contributed by atoms with Crippen LogP contribution in [0.2, 0.25) is 5.02 Å². The average molecular weight is 347 g/mol. The number of hydrogen-bond donors (Lipinski definition) is 1. The maximum absolute atomic E-state index is 12.0. The zero-order valence-electron chi connectivity index (χ0n) is 13.2. The lowest BCUT2D eigenvalue weighted by Crippen LogP contribution is -2.30. The molecule has 0 radical (unpaired) electrons. The van der Waals surface area contributed by atoms with Gasteiger partial charge in [0.1, 0.15) is 23.7 Å². The normalized spacial score (nSPS) is 14.3. The van der Waals surface area contributed by atoms with Gasteiger partial charge in [0.15, 0.2) is 6.61 Å². The SMILES string of the molecule is O=C(COc1ccc(Cl)cc1)Nc1cc(N2CCCCC2)ncn1. The number of benzene rings is 1. The van der Waals surface area contributed by atoms with Crippen molar-refractivity contribution in [1.82, 2.24) is 9.97 Å². The van der Waals surface area contributed by atoms with Gasteiger partial charge in [0.05, 0.1) is 0 Å². The van der Waals surface area contributed by atoms with Crippen LogP contribution < -0.4 is 15.0 Å². The van der Waals surface area contributed by atoms with Gasteiger partial charge < -0.3 is 15.0 Å². The molecule has 3 rings (SSSR count). The van der Waals surface area contributed by atoms with Crippen LogP contribution in [-0.2, 0) is 4.79 Å². The molecule has 2 heterocycles. The van der Waals surface area contributed by atoms with E-state index in [1.165, 1.54) is 25.6 Å². The summed E-state index contributed by atoms with van der Waals surface area (Å²) in [5.74, 6) is 1.65. The number of piperidine rings is 1. The molecule has 0 saturated carbocycles. The summed E-state index contributed by atoms with van der Waals surface area (Å²) in [6.45, 7) is 1.89. The number of nitrogens with one attached hydrogen (secondary N) is 1. The fourth-order valence-electron chi connectivity index (χ4n) is 2.57. The topological polar surface area (TPSA) is 67.3 Å². The Morgan fingerprint density at radius 3 is 2.67 bits per heavy atom. The van der Waals surface area contributed by atoms with E-state index in [2.05, 4.69) is 20.2 Å². The zero-order valence-corrected chi connectivity index (χ0v) is 14.0. The third-order valence-corrected chi connectivity index (χ3v) is 4.04. The van der Waals surface area contributed by atoms with Crippen molar-refractivity contribution in [2.24, 2.45) is 0 Å². The number of nitrogens with zero attached hydrogens (tertiary/aromatic N) is 3. The van der Waals surface area contributed by atoms with Gasteiger partial charge in [0.2, 0.25) is 0 Å². The molecule has 1 N–H and O–H groups in total. The molecule has 0 bridgehead atoms. The first-order chi connectivity index (χ1) is 11.7. The van der Waals surface area contributed by atoms with E-state index in [1.807, 2.05) is 0 Å². The molecule has 0 aliphatic carbocycles. The second kappa shape index (κ2) is 7.97. The quantitative estimate of drug-likeness (QED) is 0.900. The zero-order chi connectivity index (χ0) is 16.8. The average Bonchev–Trinajstić information content (AvgIpc) is 2.62. The van der Waals surface area contributed by atoms with Crippen molar-refractivity contribution in [3.8, 4) is 5.75 Å². The van der Waals surface area contributed by atoms with Crippen molar-refractivity contribution in [3.05, 3.63) is 41.7 Å². The van der Waals surface area contributed by atoms with Gasteiger partial charge in [-0.25, -0.2) is 9.97 Å². The standard InChI is InChI=1S/C17H19ClN4O2/c18-13-4-6-14(7-5-13)24-11-17(23)21-15-10-16(20-12-19-15)22-8-2-1-3-9-22/h4-7,10,12H,1-3,8-9,11H2,(H,19,20,21,23). The lowest BCUT2D eigenvalue weighted by atomic mass is 10.1. The van der Waals surface area contributed by atoms with Crippen molar-refractivity contribution in [2.45, 2.75) is 19.3 Å². The van der Waals surface area contributed by atoms with Gasteiger partial charge in [0, 0.05) is 24.2 Å². The molecular formula is C17H19ClN4O2. The number of rotatable bonds is 5. The van der Waals surface area contributed by atoms with Crippen LogP contribution in [0.1, 0.15) is 19.3 Å². The first kappa shape index (κ1) is 16.5. The van der Waals surface area contributed by atoms with Gasteiger partial charge in [0.25, 0.3) is 5.91 Å². The molecule has 1 aromatic carbocycles. The smallest absolute Gasteiger partial charge is 0.263 e. The molecular weight excluding hydrogens is 328 g/mol. The highest BCUT2D eigenvalue weighted by atomic mass is 35.5. The predicted octanol–water partition coefficient (Wildman–Crippen LogP) is 3.14. The van der Waals surface area contributed by atoms with E-state index in [0.717, 1.165) is 18.9 Å². The molecule has 2 aromatic rings. The fourth-order valence-corrected chi connectivity index (χ4v) is 2.70. The van der Waals surface area contributed by atoms with E-state index in [-0.39, 0.29) is 12.5 Å². The van der Waals surface area contributed by atoms with Crippen LogP contribution in [0.15, 0.2) is 36.7 Å². The Morgan fingerprint density at radius 1 is 1.17 bits per heavy atom. The van der Waals surface area contributed by atoms with E-state index < -0.39 is 0 Å². The van der Waals surface area contributed by atoms with Crippen molar-refractivity contribution in [2.75, 3.05) is 29.9 Å². The minimum Gasteiger partial charge on any atom is -0.484 e. The summed E-state index contributed by atoms with van der Waals surface area (Å²) in [5, 5.41) is 3.36. The third kappa shape index (κ3) is 4.58. The van der Waals surface area contributed by atoms with E-state index in [4.69, 9.17) is 16.3 Å². The molecule has 6 nitrogen and oxygen atoms in total. The Kier molecular flexibility index (Phi) is 5.48. The fraction of sp³-hybridized carbons (Fsp3) is 0.353. The number of amides is 1. The molecule has 1 amide bonds. The molecule has 1 fully saturated rings. The Bertz CT molecular complexity index is 687. The van der Waals surface area contributed by atoms with Crippen LogP contribution in [0.5, 0.6) is 5.75 Å².